The average Bonchev–Trinajstić information content (AvgIpc) is 3.06. The zero-order valence-corrected chi connectivity index (χ0v) is 13.2. The molecule has 0 saturated heterocycles. The van der Waals surface area contributed by atoms with Crippen molar-refractivity contribution in [3.05, 3.63) is 70.6 Å². The number of aromatic nitrogens is 2. The molecule has 2 heterocycles. The van der Waals surface area contributed by atoms with E-state index in [9.17, 15) is 4.79 Å². The van der Waals surface area contributed by atoms with Crippen LogP contribution in [0.4, 0.5) is 5.69 Å². The zero-order chi connectivity index (χ0) is 16.2. The summed E-state index contributed by atoms with van der Waals surface area (Å²) in [4.78, 5) is 18.8. The van der Waals surface area contributed by atoms with Crippen molar-refractivity contribution in [2.75, 3.05) is 5.32 Å². The van der Waals surface area contributed by atoms with Crippen LogP contribution >= 0.6 is 23.2 Å². The van der Waals surface area contributed by atoms with Crippen molar-refractivity contribution in [2.45, 2.75) is 0 Å². The molecule has 0 radical (unpaired) electrons. The van der Waals surface area contributed by atoms with Crippen molar-refractivity contribution >= 4 is 34.8 Å². The molecule has 0 unspecified atom stereocenters. The van der Waals surface area contributed by atoms with Crippen LogP contribution in [0.2, 0.25) is 10.0 Å². The molecule has 0 bridgehead atoms. The van der Waals surface area contributed by atoms with E-state index in [2.05, 4.69) is 15.3 Å². The summed E-state index contributed by atoms with van der Waals surface area (Å²) in [5.74, 6) is 0.588. The molecule has 1 aromatic carbocycles. The summed E-state index contributed by atoms with van der Waals surface area (Å²) in [7, 11) is 0. The largest absolute Gasteiger partial charge is 0.438 e. The highest BCUT2D eigenvalue weighted by Gasteiger charge is 2.08. The molecule has 0 aliphatic carbocycles. The molecular weight excluding hydrogens is 337 g/mol. The first-order valence-electron chi connectivity index (χ1n) is 6.65. The quantitative estimate of drug-likeness (QED) is 0.714. The van der Waals surface area contributed by atoms with E-state index in [1.807, 2.05) is 0 Å². The van der Waals surface area contributed by atoms with Crippen molar-refractivity contribution in [1.82, 2.24) is 9.97 Å². The second kappa shape index (κ2) is 6.73. The molecule has 7 heteroatoms. The molecule has 23 heavy (non-hydrogen) atoms. The molecule has 0 fully saturated rings. The topological polar surface area (TPSA) is 67.0 Å². The fourth-order valence-corrected chi connectivity index (χ4v) is 2.28. The lowest BCUT2D eigenvalue weighted by molar-refractivity contribution is 0.102. The molecule has 3 aromatic rings. The monoisotopic (exact) mass is 347 g/mol. The number of hydrogen-bond acceptors (Lipinski definition) is 3. The first-order valence-corrected chi connectivity index (χ1v) is 7.41. The van der Waals surface area contributed by atoms with Gasteiger partial charge in [-0.1, -0.05) is 23.2 Å². The lowest BCUT2D eigenvalue weighted by Crippen LogP contribution is -2.11. The highest BCUT2D eigenvalue weighted by atomic mass is 35.5. The van der Waals surface area contributed by atoms with E-state index < -0.39 is 0 Å². The van der Waals surface area contributed by atoms with Crippen LogP contribution in [0.1, 0.15) is 10.5 Å². The number of pyridine rings is 1. The molecule has 0 atom stereocenters. The minimum Gasteiger partial charge on any atom is -0.438 e. The lowest BCUT2D eigenvalue weighted by atomic mass is 10.3. The molecule has 116 valence electrons. The van der Waals surface area contributed by atoms with E-state index >= 15 is 0 Å². The first-order chi connectivity index (χ1) is 11.1. The smallest absolute Gasteiger partial charge is 0.272 e. The maximum Gasteiger partial charge on any atom is 0.272 e. The van der Waals surface area contributed by atoms with Crippen LogP contribution in [0.3, 0.4) is 0 Å². The van der Waals surface area contributed by atoms with Gasteiger partial charge in [-0.3, -0.25) is 4.79 Å². The second-order valence-electron chi connectivity index (χ2n) is 4.60. The molecule has 0 aliphatic heterocycles. The van der Waals surface area contributed by atoms with Gasteiger partial charge in [-0.2, -0.15) is 0 Å². The van der Waals surface area contributed by atoms with Gasteiger partial charge in [0.15, 0.2) is 0 Å². The molecule has 5 nitrogen and oxygen atoms in total. The number of rotatable bonds is 4. The third kappa shape index (κ3) is 3.83. The Morgan fingerprint density at radius 1 is 1.17 bits per heavy atom. The Labute approximate surface area is 142 Å². The van der Waals surface area contributed by atoms with Crippen LogP contribution in [0, 0.1) is 0 Å². The van der Waals surface area contributed by atoms with Gasteiger partial charge < -0.3 is 15.0 Å². The Morgan fingerprint density at radius 3 is 2.61 bits per heavy atom. The van der Waals surface area contributed by atoms with Crippen LogP contribution in [-0.4, -0.2) is 15.9 Å². The van der Waals surface area contributed by atoms with Crippen LogP contribution in [-0.2, 0) is 0 Å². The van der Waals surface area contributed by atoms with Crippen molar-refractivity contribution in [1.29, 1.82) is 0 Å². The fourth-order valence-electron chi connectivity index (χ4n) is 1.87. The average molecular weight is 348 g/mol. The van der Waals surface area contributed by atoms with E-state index in [1.54, 1.807) is 48.7 Å². The molecule has 0 aliphatic rings. The SMILES string of the molecule is O=C(Nc1ccc(Oc2ncc(Cl)cc2Cl)cc1)c1ccc[nH]1. The maximum atomic E-state index is 11.9. The molecule has 0 saturated carbocycles. The van der Waals surface area contributed by atoms with Crippen molar-refractivity contribution in [3.63, 3.8) is 0 Å². The van der Waals surface area contributed by atoms with Crippen LogP contribution in [0.5, 0.6) is 11.6 Å². The van der Waals surface area contributed by atoms with Gasteiger partial charge in [0.1, 0.15) is 16.5 Å². The summed E-state index contributed by atoms with van der Waals surface area (Å²) in [5.41, 5.74) is 1.13. The maximum absolute atomic E-state index is 11.9. The highest BCUT2D eigenvalue weighted by molar-refractivity contribution is 6.35. The van der Waals surface area contributed by atoms with Crippen LogP contribution < -0.4 is 10.1 Å². The minimum atomic E-state index is -0.217. The standard InChI is InChI=1S/C16H11Cl2N3O2/c17-10-8-13(18)16(20-9-10)23-12-5-3-11(4-6-12)21-15(22)14-2-1-7-19-14/h1-9,19H,(H,21,22). The Balaban J connectivity index is 1.68. The molecule has 1 amide bonds. The van der Waals surface area contributed by atoms with E-state index in [0.717, 1.165) is 0 Å². The fraction of sp³-hybridized carbons (Fsp3) is 0. The van der Waals surface area contributed by atoms with Gasteiger partial charge in [0.05, 0.1) is 5.02 Å². The van der Waals surface area contributed by atoms with E-state index in [0.29, 0.717) is 27.2 Å². The van der Waals surface area contributed by atoms with Gasteiger partial charge in [0.25, 0.3) is 5.91 Å². The third-order valence-corrected chi connectivity index (χ3v) is 3.42. The summed E-state index contributed by atoms with van der Waals surface area (Å²) in [6, 6.07) is 11.9. The molecule has 2 aromatic heterocycles. The Kier molecular flexibility index (Phi) is 4.50. The van der Waals surface area contributed by atoms with Gasteiger partial charge >= 0.3 is 0 Å². The van der Waals surface area contributed by atoms with Gasteiger partial charge in [-0.05, 0) is 42.5 Å². The lowest BCUT2D eigenvalue weighted by Gasteiger charge is -2.08. The van der Waals surface area contributed by atoms with Gasteiger partial charge in [-0.25, -0.2) is 4.98 Å². The van der Waals surface area contributed by atoms with E-state index in [1.165, 1.54) is 6.20 Å². The van der Waals surface area contributed by atoms with Gasteiger partial charge in [0.2, 0.25) is 5.88 Å². The van der Waals surface area contributed by atoms with Crippen LogP contribution in [0.25, 0.3) is 0 Å². The van der Waals surface area contributed by atoms with E-state index in [-0.39, 0.29) is 11.8 Å². The number of amides is 1. The Bertz CT molecular complexity index is 818. The number of halogens is 2. The number of nitrogens with one attached hydrogen (secondary N) is 2. The van der Waals surface area contributed by atoms with E-state index in [4.69, 9.17) is 27.9 Å². The summed E-state index contributed by atoms with van der Waals surface area (Å²) in [6.07, 6.45) is 3.14. The Morgan fingerprint density at radius 2 is 1.96 bits per heavy atom. The molecule has 2 N–H and O–H groups in total. The van der Waals surface area contributed by atoms with Crippen LogP contribution in [0.15, 0.2) is 54.9 Å². The van der Waals surface area contributed by atoms with Crippen molar-refractivity contribution in [3.8, 4) is 11.6 Å². The first kappa shape index (κ1) is 15.4. The number of ether oxygens (including phenoxy) is 1. The highest BCUT2D eigenvalue weighted by Crippen LogP contribution is 2.29. The number of carbonyl (C=O) groups excluding carboxylic acids is 1. The summed E-state index contributed by atoms with van der Waals surface area (Å²) in [6.45, 7) is 0. The normalized spacial score (nSPS) is 10.3. The molecule has 0 spiro atoms. The Hall–Kier alpha value is -2.50. The van der Waals surface area contributed by atoms with Crippen molar-refractivity contribution < 1.29 is 9.53 Å². The predicted molar refractivity (Wildman–Crippen MR) is 89.5 cm³/mol. The third-order valence-electron chi connectivity index (χ3n) is 2.94. The van der Waals surface area contributed by atoms with Gasteiger partial charge in [-0.15, -0.1) is 0 Å². The summed E-state index contributed by atoms with van der Waals surface area (Å²) < 4.78 is 5.58. The minimum absolute atomic E-state index is 0.217. The second-order valence-corrected chi connectivity index (χ2v) is 5.45. The summed E-state index contributed by atoms with van der Waals surface area (Å²) >= 11 is 11.8. The predicted octanol–water partition coefficient (Wildman–Crippen LogP) is 4.76. The summed E-state index contributed by atoms with van der Waals surface area (Å²) in [5, 5.41) is 3.53. The number of aromatic amines is 1. The number of H-pyrrole nitrogens is 1. The number of anilines is 1. The number of hydrogen-bond donors (Lipinski definition) is 2. The van der Waals surface area contributed by atoms with Gasteiger partial charge in [0, 0.05) is 18.1 Å². The number of benzene rings is 1. The molecular formula is C16H11Cl2N3O2. The van der Waals surface area contributed by atoms with Crippen molar-refractivity contribution in [2.24, 2.45) is 0 Å². The number of nitrogens with zero attached hydrogens (tertiary/aromatic N) is 1. The zero-order valence-electron chi connectivity index (χ0n) is 11.7. The molecule has 3 rings (SSSR count). The number of carbonyl (C=O) groups is 1.